The second-order valence-electron chi connectivity index (χ2n) is 7.77. The number of hydrogen-bond donors (Lipinski definition) is 3. The third kappa shape index (κ3) is 9.52. The molecule has 4 nitrogen and oxygen atoms in total. The van der Waals surface area contributed by atoms with Crippen molar-refractivity contribution in [2.75, 3.05) is 19.0 Å². The van der Waals surface area contributed by atoms with E-state index in [9.17, 15) is 18.3 Å². The average Bonchev–Trinajstić information content (AvgIpc) is 2.75. The molecule has 0 amide bonds. The van der Waals surface area contributed by atoms with Crippen molar-refractivity contribution in [2.24, 2.45) is 11.8 Å². The van der Waals surface area contributed by atoms with Gasteiger partial charge in [0.2, 0.25) is 0 Å². The maximum Gasteiger partial charge on any atom is 0.391 e. The van der Waals surface area contributed by atoms with Gasteiger partial charge < -0.3 is 15.5 Å². The zero-order valence-electron chi connectivity index (χ0n) is 17.1. The topological polar surface area (TPSA) is 69.6 Å². The summed E-state index contributed by atoms with van der Waals surface area (Å²) in [7, 11) is 1.94. The van der Waals surface area contributed by atoms with Crippen LogP contribution >= 0.6 is 0 Å². The van der Waals surface area contributed by atoms with Crippen molar-refractivity contribution in [1.82, 2.24) is 0 Å². The summed E-state index contributed by atoms with van der Waals surface area (Å²) < 4.78 is 35.8. The molecule has 2 aliphatic rings. The first-order valence-corrected chi connectivity index (χ1v) is 10.4. The van der Waals surface area contributed by atoms with E-state index in [1.54, 1.807) is 0 Å². The average molecular weight is 418 g/mol. The van der Waals surface area contributed by atoms with Crippen LogP contribution in [-0.2, 0) is 4.79 Å². The van der Waals surface area contributed by atoms with E-state index in [1.165, 1.54) is 30.5 Å². The Morgan fingerprint density at radius 2 is 1.62 bits per heavy atom. The number of anilines is 1. The predicted molar refractivity (Wildman–Crippen MR) is 109 cm³/mol. The third-order valence-electron chi connectivity index (χ3n) is 5.78. The van der Waals surface area contributed by atoms with E-state index in [-0.39, 0.29) is 6.47 Å². The Balaban J connectivity index is 0.000000277. The zero-order chi connectivity index (χ0) is 21.7. The number of benzene rings is 1. The molecule has 0 radical (unpaired) electrons. The first-order valence-electron chi connectivity index (χ1n) is 10.4. The normalized spacial score (nSPS) is 22.4. The van der Waals surface area contributed by atoms with Crippen LogP contribution in [0.25, 0.3) is 0 Å². The monoisotopic (exact) mass is 417 g/mol. The molecule has 7 heteroatoms. The minimum atomic E-state index is -3.93. The lowest BCUT2D eigenvalue weighted by atomic mass is 9.78. The van der Waals surface area contributed by atoms with Gasteiger partial charge in [0.25, 0.3) is 6.47 Å². The highest BCUT2D eigenvalue weighted by molar-refractivity contribution is 5.44. The number of rotatable bonds is 3. The molecule has 1 aromatic carbocycles. The predicted octanol–water partition coefficient (Wildman–Crippen LogP) is 5.82. The van der Waals surface area contributed by atoms with E-state index in [0.29, 0.717) is 31.3 Å². The van der Waals surface area contributed by atoms with Crippen molar-refractivity contribution in [3.8, 4) is 0 Å². The van der Waals surface area contributed by atoms with Gasteiger partial charge in [0.1, 0.15) is 0 Å². The van der Waals surface area contributed by atoms with Crippen LogP contribution in [0.15, 0.2) is 24.3 Å². The third-order valence-corrected chi connectivity index (χ3v) is 5.78. The van der Waals surface area contributed by atoms with Crippen LogP contribution in [0.5, 0.6) is 0 Å². The molecule has 2 atom stereocenters. The van der Waals surface area contributed by atoms with Crippen LogP contribution in [0, 0.1) is 11.8 Å². The van der Waals surface area contributed by atoms with Gasteiger partial charge in [-0.15, -0.1) is 0 Å². The fourth-order valence-electron chi connectivity index (χ4n) is 4.11. The zero-order valence-corrected chi connectivity index (χ0v) is 17.1. The fourth-order valence-corrected chi connectivity index (χ4v) is 4.11. The Bertz CT molecular complexity index is 557. The summed E-state index contributed by atoms with van der Waals surface area (Å²) >= 11 is 0. The van der Waals surface area contributed by atoms with Crippen molar-refractivity contribution in [3.63, 3.8) is 0 Å². The molecule has 2 saturated carbocycles. The van der Waals surface area contributed by atoms with Crippen LogP contribution in [0.2, 0.25) is 0 Å². The van der Waals surface area contributed by atoms with E-state index in [0.717, 1.165) is 25.7 Å². The number of hydrogen-bond acceptors (Lipinski definition) is 3. The number of nitrogens with one attached hydrogen (secondary N) is 1. The van der Waals surface area contributed by atoms with Gasteiger partial charge in [-0.05, 0) is 61.6 Å². The second kappa shape index (κ2) is 13.5. The van der Waals surface area contributed by atoms with Gasteiger partial charge in [-0.2, -0.15) is 13.2 Å². The quantitative estimate of drug-likeness (QED) is 0.542. The fraction of sp³-hybridized carbons (Fsp3) is 0.682. The molecule has 0 aromatic heterocycles. The van der Waals surface area contributed by atoms with Gasteiger partial charge in [-0.3, -0.25) is 4.79 Å². The first-order chi connectivity index (χ1) is 13.8. The highest BCUT2D eigenvalue weighted by atomic mass is 19.4. The Labute approximate surface area is 171 Å². The van der Waals surface area contributed by atoms with Crippen molar-refractivity contribution in [3.05, 3.63) is 29.8 Å². The molecule has 29 heavy (non-hydrogen) atoms. The Hall–Kier alpha value is -1.76. The molecule has 2 fully saturated rings. The van der Waals surface area contributed by atoms with E-state index in [4.69, 9.17) is 9.90 Å². The lowest BCUT2D eigenvalue weighted by Gasteiger charge is -2.28. The van der Waals surface area contributed by atoms with Crippen molar-refractivity contribution >= 4 is 12.2 Å². The van der Waals surface area contributed by atoms with Gasteiger partial charge in [-0.1, -0.05) is 37.8 Å². The number of alkyl halides is 3. The summed E-state index contributed by atoms with van der Waals surface area (Å²) in [4.78, 5) is 8.36. The molecular formula is C22H34F3NO3. The largest absolute Gasteiger partial charge is 0.483 e. The molecule has 0 saturated heterocycles. The van der Waals surface area contributed by atoms with Crippen molar-refractivity contribution in [1.29, 1.82) is 0 Å². The summed E-state index contributed by atoms with van der Waals surface area (Å²) in [5.41, 5.74) is 2.59. The molecule has 0 spiro atoms. The maximum atomic E-state index is 11.9. The molecule has 3 N–H and O–H groups in total. The van der Waals surface area contributed by atoms with Crippen LogP contribution < -0.4 is 5.32 Å². The lowest BCUT2D eigenvalue weighted by Crippen LogP contribution is -2.24. The lowest BCUT2D eigenvalue weighted by molar-refractivity contribution is -0.181. The van der Waals surface area contributed by atoms with E-state index in [2.05, 4.69) is 29.6 Å². The SMILES string of the molecule is CNc1ccc(C2CCCC(CO)C2)cc1.FC(F)(F)C1CCCCC1.O=CO. The van der Waals surface area contributed by atoms with Gasteiger partial charge in [0, 0.05) is 19.3 Å². The minimum Gasteiger partial charge on any atom is -0.483 e. The highest BCUT2D eigenvalue weighted by Gasteiger charge is 2.39. The molecule has 166 valence electrons. The molecule has 0 bridgehead atoms. The van der Waals surface area contributed by atoms with Crippen LogP contribution in [0.3, 0.4) is 0 Å². The van der Waals surface area contributed by atoms with Gasteiger partial charge in [0.05, 0.1) is 5.92 Å². The van der Waals surface area contributed by atoms with Crippen molar-refractivity contribution < 1.29 is 28.2 Å². The molecular weight excluding hydrogens is 383 g/mol. The van der Waals surface area contributed by atoms with E-state index < -0.39 is 12.1 Å². The number of carboxylic acid groups (broad SMARTS) is 1. The molecule has 0 heterocycles. The van der Waals surface area contributed by atoms with Crippen LogP contribution in [-0.4, -0.2) is 36.5 Å². The van der Waals surface area contributed by atoms with Crippen LogP contribution in [0.1, 0.15) is 69.3 Å². The summed E-state index contributed by atoms with van der Waals surface area (Å²) in [6.07, 6.45) is 4.13. The number of halogens is 3. The summed E-state index contributed by atoms with van der Waals surface area (Å²) in [5.74, 6) is 0.167. The van der Waals surface area contributed by atoms with E-state index >= 15 is 0 Å². The smallest absolute Gasteiger partial charge is 0.391 e. The molecule has 2 aliphatic carbocycles. The maximum absolute atomic E-state index is 11.9. The summed E-state index contributed by atoms with van der Waals surface area (Å²) in [5, 5.41) is 19.3. The Morgan fingerprint density at radius 3 is 2.07 bits per heavy atom. The van der Waals surface area contributed by atoms with Crippen LogP contribution in [0.4, 0.5) is 18.9 Å². The molecule has 1 aromatic rings. The Kier molecular flexibility index (Phi) is 11.7. The van der Waals surface area contributed by atoms with Gasteiger partial charge in [-0.25, -0.2) is 0 Å². The first kappa shape index (κ1) is 25.3. The highest BCUT2D eigenvalue weighted by Crippen LogP contribution is 2.37. The molecule has 3 rings (SSSR count). The summed E-state index contributed by atoms with van der Waals surface area (Å²) in [6, 6.07) is 8.71. The number of aliphatic hydroxyl groups is 1. The van der Waals surface area contributed by atoms with Crippen molar-refractivity contribution in [2.45, 2.75) is 69.9 Å². The molecule has 2 unspecified atom stereocenters. The Morgan fingerprint density at radius 1 is 1.03 bits per heavy atom. The summed E-state index contributed by atoms with van der Waals surface area (Å²) in [6.45, 7) is 0.102. The minimum absolute atomic E-state index is 0.250. The number of aliphatic hydroxyl groups excluding tert-OH is 1. The molecule has 0 aliphatic heterocycles. The van der Waals surface area contributed by atoms with E-state index in [1.807, 2.05) is 7.05 Å². The van der Waals surface area contributed by atoms with Gasteiger partial charge in [0.15, 0.2) is 0 Å². The standard InChI is InChI=1S/C14H21NO.C7H11F3.CH2O2/c1-15-14-7-5-12(6-8-14)13-4-2-3-11(9-13)10-16;8-7(9,10)6-4-2-1-3-5-6;2-1-3/h5-8,11,13,15-16H,2-4,9-10H2,1H3;6H,1-5H2;1H,(H,2,3). The number of carbonyl (C=O) groups is 1. The second-order valence-corrected chi connectivity index (χ2v) is 7.77. The van der Waals surface area contributed by atoms with Gasteiger partial charge >= 0.3 is 6.18 Å².